The van der Waals surface area contributed by atoms with Crippen LogP contribution in [-0.4, -0.2) is 51.3 Å². The third kappa shape index (κ3) is 5.87. The molecule has 1 aromatic rings. The standard InChI is InChI=1S/C17H26N2O2.ClH/c1-3-5-15-14-16(20-2)6-7-17(15)21-13-4-10-19-11-8-18-9-12-19;/h3,6-7,14,18H,1,4-5,8-13H2,2H3;1H. The van der Waals surface area contributed by atoms with Crippen LogP contribution in [0.15, 0.2) is 30.9 Å². The van der Waals surface area contributed by atoms with Crippen LogP contribution in [-0.2, 0) is 6.42 Å². The maximum atomic E-state index is 5.93. The third-order valence-corrected chi connectivity index (χ3v) is 3.72. The highest BCUT2D eigenvalue weighted by Gasteiger charge is 2.09. The lowest BCUT2D eigenvalue weighted by atomic mass is 10.1. The largest absolute Gasteiger partial charge is 0.497 e. The lowest BCUT2D eigenvalue weighted by molar-refractivity contribution is 0.213. The first kappa shape index (κ1) is 18.8. The highest BCUT2D eigenvalue weighted by Crippen LogP contribution is 2.25. The summed E-state index contributed by atoms with van der Waals surface area (Å²) in [4.78, 5) is 2.48. The summed E-state index contributed by atoms with van der Waals surface area (Å²) in [6.07, 6.45) is 3.74. The van der Waals surface area contributed by atoms with Gasteiger partial charge in [0.1, 0.15) is 11.5 Å². The zero-order valence-electron chi connectivity index (χ0n) is 13.3. The number of hydrogen-bond donors (Lipinski definition) is 1. The Morgan fingerprint density at radius 3 is 2.77 bits per heavy atom. The molecule has 1 N–H and O–H groups in total. The minimum Gasteiger partial charge on any atom is -0.497 e. The number of allylic oxidation sites excluding steroid dienone is 1. The molecule has 22 heavy (non-hydrogen) atoms. The highest BCUT2D eigenvalue weighted by molar-refractivity contribution is 5.85. The number of benzene rings is 1. The van der Waals surface area contributed by atoms with Gasteiger partial charge in [-0.1, -0.05) is 6.08 Å². The minimum absolute atomic E-state index is 0. The van der Waals surface area contributed by atoms with E-state index < -0.39 is 0 Å². The number of ether oxygens (including phenoxy) is 2. The van der Waals surface area contributed by atoms with Crippen molar-refractivity contribution in [3.05, 3.63) is 36.4 Å². The van der Waals surface area contributed by atoms with Crippen molar-refractivity contribution >= 4 is 12.4 Å². The van der Waals surface area contributed by atoms with Crippen molar-refractivity contribution in [3.63, 3.8) is 0 Å². The average Bonchev–Trinajstić information content (AvgIpc) is 2.54. The summed E-state index contributed by atoms with van der Waals surface area (Å²) in [5, 5.41) is 3.37. The van der Waals surface area contributed by atoms with Crippen LogP contribution in [0, 0.1) is 0 Å². The van der Waals surface area contributed by atoms with Crippen LogP contribution in [0.25, 0.3) is 0 Å². The van der Waals surface area contributed by atoms with Crippen LogP contribution < -0.4 is 14.8 Å². The summed E-state index contributed by atoms with van der Waals surface area (Å²) in [5.41, 5.74) is 1.13. The molecular weight excluding hydrogens is 300 g/mol. The van der Waals surface area contributed by atoms with Crippen molar-refractivity contribution < 1.29 is 9.47 Å². The summed E-state index contributed by atoms with van der Waals surface area (Å²) < 4.78 is 11.2. The second-order valence-electron chi connectivity index (χ2n) is 5.26. The van der Waals surface area contributed by atoms with Gasteiger partial charge in [0.15, 0.2) is 0 Å². The fourth-order valence-electron chi connectivity index (χ4n) is 2.54. The normalized spacial score (nSPS) is 15.0. The Bertz CT molecular complexity index is 448. The molecule has 2 rings (SSSR count). The number of halogens is 1. The zero-order valence-corrected chi connectivity index (χ0v) is 14.2. The molecule has 0 aromatic heterocycles. The van der Waals surface area contributed by atoms with Crippen LogP contribution in [0.1, 0.15) is 12.0 Å². The monoisotopic (exact) mass is 326 g/mol. The van der Waals surface area contributed by atoms with Crippen molar-refractivity contribution in [1.29, 1.82) is 0 Å². The molecule has 1 heterocycles. The first-order valence-corrected chi connectivity index (χ1v) is 7.67. The first-order chi connectivity index (χ1) is 10.3. The maximum Gasteiger partial charge on any atom is 0.123 e. The van der Waals surface area contributed by atoms with Gasteiger partial charge < -0.3 is 19.7 Å². The van der Waals surface area contributed by atoms with Crippen molar-refractivity contribution in [1.82, 2.24) is 10.2 Å². The number of rotatable bonds is 8. The first-order valence-electron chi connectivity index (χ1n) is 7.67. The summed E-state index contributed by atoms with van der Waals surface area (Å²) in [5.74, 6) is 1.80. The van der Waals surface area contributed by atoms with Gasteiger partial charge in [0.2, 0.25) is 0 Å². The lowest BCUT2D eigenvalue weighted by Crippen LogP contribution is -2.43. The van der Waals surface area contributed by atoms with Crippen molar-refractivity contribution in [2.75, 3.05) is 46.4 Å². The summed E-state index contributed by atoms with van der Waals surface area (Å²) in [6.45, 7) is 10.1. The second kappa shape index (κ2) is 10.5. The van der Waals surface area contributed by atoms with E-state index in [4.69, 9.17) is 9.47 Å². The van der Waals surface area contributed by atoms with E-state index in [1.165, 1.54) is 0 Å². The number of hydrogen-bond acceptors (Lipinski definition) is 4. The van der Waals surface area contributed by atoms with Crippen LogP contribution in [0.5, 0.6) is 11.5 Å². The summed E-state index contributed by atoms with van der Waals surface area (Å²) >= 11 is 0. The van der Waals surface area contributed by atoms with E-state index in [-0.39, 0.29) is 12.4 Å². The molecule has 0 aliphatic carbocycles. The summed E-state index contributed by atoms with van der Waals surface area (Å²) in [6, 6.07) is 5.95. The number of nitrogens with one attached hydrogen (secondary N) is 1. The Balaban J connectivity index is 0.00000242. The van der Waals surface area contributed by atoms with E-state index >= 15 is 0 Å². The predicted octanol–water partition coefficient (Wildman–Crippen LogP) is 2.52. The molecule has 1 fully saturated rings. The van der Waals surface area contributed by atoms with E-state index in [1.54, 1.807) is 7.11 Å². The molecule has 5 heteroatoms. The van der Waals surface area contributed by atoms with E-state index in [1.807, 2.05) is 24.3 Å². The molecule has 124 valence electrons. The van der Waals surface area contributed by atoms with Gasteiger partial charge in [0, 0.05) is 38.3 Å². The van der Waals surface area contributed by atoms with E-state index in [9.17, 15) is 0 Å². The zero-order chi connectivity index (χ0) is 14.9. The van der Waals surface area contributed by atoms with E-state index in [0.717, 1.165) is 69.2 Å². The summed E-state index contributed by atoms with van der Waals surface area (Å²) in [7, 11) is 1.68. The lowest BCUT2D eigenvalue weighted by Gasteiger charge is -2.27. The second-order valence-corrected chi connectivity index (χ2v) is 5.26. The molecule has 0 atom stereocenters. The molecule has 1 aromatic carbocycles. The topological polar surface area (TPSA) is 33.7 Å². The quantitative estimate of drug-likeness (QED) is 0.588. The molecule has 0 bridgehead atoms. The van der Waals surface area contributed by atoms with Gasteiger partial charge in [-0.15, -0.1) is 19.0 Å². The molecule has 1 saturated heterocycles. The van der Waals surface area contributed by atoms with Gasteiger partial charge in [0.25, 0.3) is 0 Å². The Morgan fingerprint density at radius 2 is 2.09 bits per heavy atom. The number of methoxy groups -OCH3 is 1. The SMILES string of the molecule is C=CCc1cc(OC)ccc1OCCCN1CCNCC1.Cl. The Morgan fingerprint density at radius 1 is 1.32 bits per heavy atom. The Kier molecular flexibility index (Phi) is 8.97. The van der Waals surface area contributed by atoms with Gasteiger partial charge in [-0.25, -0.2) is 0 Å². The van der Waals surface area contributed by atoms with Gasteiger partial charge in [-0.2, -0.15) is 0 Å². The van der Waals surface area contributed by atoms with Gasteiger partial charge >= 0.3 is 0 Å². The fourth-order valence-corrected chi connectivity index (χ4v) is 2.54. The minimum atomic E-state index is 0. The van der Waals surface area contributed by atoms with Crippen molar-refractivity contribution in [2.45, 2.75) is 12.8 Å². The maximum absolute atomic E-state index is 5.93. The van der Waals surface area contributed by atoms with Gasteiger partial charge in [-0.3, -0.25) is 0 Å². The molecule has 0 amide bonds. The molecule has 4 nitrogen and oxygen atoms in total. The molecule has 1 aliphatic heterocycles. The van der Waals surface area contributed by atoms with Crippen molar-refractivity contribution in [3.8, 4) is 11.5 Å². The molecule has 0 saturated carbocycles. The van der Waals surface area contributed by atoms with Crippen LogP contribution in [0.2, 0.25) is 0 Å². The van der Waals surface area contributed by atoms with Crippen molar-refractivity contribution in [2.24, 2.45) is 0 Å². The highest BCUT2D eigenvalue weighted by atomic mass is 35.5. The number of piperazine rings is 1. The van der Waals surface area contributed by atoms with E-state index in [2.05, 4.69) is 16.8 Å². The van der Waals surface area contributed by atoms with Crippen LogP contribution in [0.4, 0.5) is 0 Å². The predicted molar refractivity (Wildman–Crippen MR) is 93.6 cm³/mol. The third-order valence-electron chi connectivity index (χ3n) is 3.72. The molecule has 1 aliphatic rings. The van der Waals surface area contributed by atoms with Gasteiger partial charge in [-0.05, 0) is 31.0 Å². The Labute approximate surface area is 139 Å². The Hall–Kier alpha value is -1.23. The average molecular weight is 327 g/mol. The van der Waals surface area contributed by atoms with Crippen LogP contribution >= 0.6 is 12.4 Å². The molecule has 0 radical (unpaired) electrons. The molecular formula is C17H27ClN2O2. The molecule has 0 unspecified atom stereocenters. The van der Waals surface area contributed by atoms with Crippen LogP contribution in [0.3, 0.4) is 0 Å². The number of nitrogens with zero attached hydrogens (tertiary/aromatic N) is 1. The molecule has 0 spiro atoms. The fraction of sp³-hybridized carbons (Fsp3) is 0.529. The smallest absolute Gasteiger partial charge is 0.123 e. The van der Waals surface area contributed by atoms with E-state index in [0.29, 0.717) is 0 Å². The van der Waals surface area contributed by atoms with Gasteiger partial charge in [0.05, 0.1) is 13.7 Å².